The number of hydrogen-bond donors (Lipinski definition) is 2. The van der Waals surface area contributed by atoms with Crippen LogP contribution in [0.25, 0.3) is 0 Å². The van der Waals surface area contributed by atoms with Crippen molar-refractivity contribution in [1.29, 1.82) is 0 Å². The molecule has 1 aromatic carbocycles. The second-order valence-electron chi connectivity index (χ2n) is 5.73. The zero-order chi connectivity index (χ0) is 15.1. The van der Waals surface area contributed by atoms with E-state index in [1.807, 2.05) is 12.1 Å². The summed E-state index contributed by atoms with van der Waals surface area (Å²) in [5.74, 6) is 7.15. The number of aliphatic hydroxyl groups is 1. The Morgan fingerprint density at radius 3 is 2.71 bits per heavy atom. The summed E-state index contributed by atoms with van der Waals surface area (Å²) in [7, 11) is 0. The van der Waals surface area contributed by atoms with Crippen LogP contribution in [0.2, 0.25) is 0 Å². The molecule has 0 aromatic heterocycles. The summed E-state index contributed by atoms with van der Waals surface area (Å²) in [6.45, 7) is 3.12. The summed E-state index contributed by atoms with van der Waals surface area (Å²) in [6, 6.07) is 7.29. The third-order valence-corrected chi connectivity index (χ3v) is 4.18. The molecule has 2 unspecified atom stereocenters. The van der Waals surface area contributed by atoms with Gasteiger partial charge < -0.3 is 10.4 Å². The van der Waals surface area contributed by atoms with E-state index in [1.165, 1.54) is 19.3 Å². The Morgan fingerprint density at radius 1 is 1.33 bits per heavy atom. The molecule has 1 aromatic rings. The van der Waals surface area contributed by atoms with Crippen molar-refractivity contribution in [3.63, 3.8) is 0 Å². The first-order valence-corrected chi connectivity index (χ1v) is 7.68. The van der Waals surface area contributed by atoms with Crippen LogP contribution < -0.4 is 5.32 Å². The van der Waals surface area contributed by atoms with Crippen molar-refractivity contribution >= 4 is 5.91 Å². The molecule has 0 aliphatic heterocycles. The lowest BCUT2D eigenvalue weighted by molar-refractivity contribution is 0.0944. The molecule has 1 aliphatic carbocycles. The molecule has 1 fully saturated rings. The molecule has 2 rings (SSSR count). The van der Waals surface area contributed by atoms with Crippen molar-refractivity contribution in [3.05, 3.63) is 35.4 Å². The van der Waals surface area contributed by atoms with Crippen LogP contribution in [0.4, 0.5) is 0 Å². The number of hydrogen-bond acceptors (Lipinski definition) is 2. The van der Waals surface area contributed by atoms with Gasteiger partial charge >= 0.3 is 0 Å². The van der Waals surface area contributed by atoms with Crippen molar-refractivity contribution in [2.45, 2.75) is 32.6 Å². The Balaban J connectivity index is 1.86. The second-order valence-corrected chi connectivity index (χ2v) is 5.73. The summed E-state index contributed by atoms with van der Waals surface area (Å²) < 4.78 is 0. The lowest BCUT2D eigenvalue weighted by Crippen LogP contribution is -2.30. The predicted octanol–water partition coefficient (Wildman–Crippen LogP) is 2.59. The molecular formula is C18H23NO2. The monoisotopic (exact) mass is 285 g/mol. The molecule has 1 aliphatic rings. The van der Waals surface area contributed by atoms with Crippen molar-refractivity contribution in [3.8, 4) is 11.8 Å². The van der Waals surface area contributed by atoms with E-state index < -0.39 is 0 Å². The minimum Gasteiger partial charge on any atom is -0.395 e. The van der Waals surface area contributed by atoms with E-state index in [0.717, 1.165) is 18.0 Å². The van der Waals surface area contributed by atoms with E-state index in [2.05, 4.69) is 24.1 Å². The summed E-state index contributed by atoms with van der Waals surface area (Å²) in [6.07, 6.45) is 4.26. The number of amides is 1. The van der Waals surface area contributed by atoms with Gasteiger partial charge in [0.15, 0.2) is 0 Å². The van der Waals surface area contributed by atoms with Crippen molar-refractivity contribution in [2.75, 3.05) is 13.2 Å². The first-order valence-electron chi connectivity index (χ1n) is 7.68. The fourth-order valence-corrected chi connectivity index (χ4v) is 2.78. The highest BCUT2D eigenvalue weighted by Gasteiger charge is 2.23. The maximum absolute atomic E-state index is 12.1. The van der Waals surface area contributed by atoms with E-state index in [4.69, 9.17) is 5.11 Å². The molecular weight excluding hydrogens is 262 g/mol. The van der Waals surface area contributed by atoms with E-state index in [1.54, 1.807) is 12.1 Å². The Bertz CT molecular complexity index is 524. The number of aliphatic hydroxyl groups excluding tert-OH is 1. The van der Waals surface area contributed by atoms with Gasteiger partial charge in [-0.2, -0.15) is 0 Å². The summed E-state index contributed by atoms with van der Waals surface area (Å²) in [4.78, 5) is 12.1. The van der Waals surface area contributed by atoms with Gasteiger partial charge in [0.05, 0.1) is 6.61 Å². The Kier molecular flexibility index (Phi) is 5.83. The average Bonchev–Trinajstić information content (AvgIpc) is 2.91. The molecule has 0 bridgehead atoms. The minimum absolute atomic E-state index is 0.0102. The number of rotatable bonds is 4. The summed E-state index contributed by atoms with van der Waals surface area (Å²) in [5, 5.41) is 11.7. The minimum atomic E-state index is -0.0102. The Morgan fingerprint density at radius 2 is 2.10 bits per heavy atom. The van der Waals surface area contributed by atoms with Gasteiger partial charge in [-0.05, 0) is 42.5 Å². The molecule has 21 heavy (non-hydrogen) atoms. The Labute approximate surface area is 126 Å². The highest BCUT2D eigenvalue weighted by Crippen LogP contribution is 2.30. The highest BCUT2D eigenvalue weighted by molar-refractivity contribution is 5.94. The lowest BCUT2D eigenvalue weighted by atomic mass is 9.98. The van der Waals surface area contributed by atoms with Crippen molar-refractivity contribution in [1.82, 2.24) is 5.32 Å². The van der Waals surface area contributed by atoms with Crippen LogP contribution in [0.5, 0.6) is 0 Å². The van der Waals surface area contributed by atoms with E-state index in [-0.39, 0.29) is 12.5 Å². The zero-order valence-electron chi connectivity index (χ0n) is 12.6. The van der Waals surface area contributed by atoms with E-state index >= 15 is 0 Å². The lowest BCUT2D eigenvalue weighted by Gasteiger charge is -2.15. The summed E-state index contributed by atoms with van der Waals surface area (Å²) in [5.41, 5.74) is 1.54. The van der Waals surface area contributed by atoms with Gasteiger partial charge in [-0.3, -0.25) is 4.79 Å². The van der Waals surface area contributed by atoms with Crippen molar-refractivity contribution < 1.29 is 9.90 Å². The van der Waals surface area contributed by atoms with Gasteiger partial charge in [-0.25, -0.2) is 0 Å². The van der Waals surface area contributed by atoms with Crippen molar-refractivity contribution in [2.24, 2.45) is 11.8 Å². The third-order valence-electron chi connectivity index (χ3n) is 4.18. The molecule has 2 atom stereocenters. The van der Waals surface area contributed by atoms with Crippen LogP contribution in [0, 0.1) is 23.7 Å². The van der Waals surface area contributed by atoms with Crippen LogP contribution in [0.15, 0.2) is 24.3 Å². The van der Waals surface area contributed by atoms with Gasteiger partial charge in [0.25, 0.3) is 5.91 Å². The molecule has 3 heteroatoms. The smallest absolute Gasteiger partial charge is 0.251 e. The fourth-order valence-electron chi connectivity index (χ4n) is 2.78. The van der Waals surface area contributed by atoms with Crippen LogP contribution in [-0.2, 0) is 0 Å². The number of nitrogens with one attached hydrogen (secondary N) is 1. The first-order chi connectivity index (χ1) is 10.2. The van der Waals surface area contributed by atoms with E-state index in [0.29, 0.717) is 17.9 Å². The molecule has 0 heterocycles. The van der Waals surface area contributed by atoms with Gasteiger partial charge in [-0.15, -0.1) is 0 Å². The molecule has 112 valence electrons. The molecule has 0 radical (unpaired) electrons. The second kappa shape index (κ2) is 7.85. The van der Waals surface area contributed by atoms with Gasteiger partial charge in [0.1, 0.15) is 0 Å². The van der Waals surface area contributed by atoms with Gasteiger partial charge in [0.2, 0.25) is 0 Å². The zero-order valence-corrected chi connectivity index (χ0v) is 12.6. The van der Waals surface area contributed by atoms with Gasteiger partial charge in [-0.1, -0.05) is 31.6 Å². The molecule has 1 saturated carbocycles. The fraction of sp³-hybridized carbons (Fsp3) is 0.500. The van der Waals surface area contributed by atoms with Gasteiger partial charge in [0, 0.05) is 24.1 Å². The topological polar surface area (TPSA) is 49.3 Å². The average molecular weight is 285 g/mol. The number of carbonyl (C=O) groups is 1. The molecule has 3 nitrogen and oxygen atoms in total. The predicted molar refractivity (Wildman–Crippen MR) is 83.9 cm³/mol. The molecule has 0 spiro atoms. The standard InChI is InChI=1S/C18H23NO2/c1-14-5-4-7-17(14)13-19-18(21)16-10-8-15(9-11-16)6-2-3-12-20/h8-11,14,17,20H,3-5,7,12-13H2,1H3,(H,19,21). The van der Waals surface area contributed by atoms with E-state index in [9.17, 15) is 4.79 Å². The molecule has 0 saturated heterocycles. The molecule has 1 amide bonds. The maximum Gasteiger partial charge on any atom is 0.251 e. The quantitative estimate of drug-likeness (QED) is 0.835. The van der Waals surface area contributed by atoms with Crippen LogP contribution in [0.1, 0.15) is 48.5 Å². The Hall–Kier alpha value is -1.79. The van der Waals surface area contributed by atoms with Crippen LogP contribution in [-0.4, -0.2) is 24.2 Å². The highest BCUT2D eigenvalue weighted by atomic mass is 16.2. The maximum atomic E-state index is 12.1. The van der Waals surface area contributed by atoms with Crippen LogP contribution in [0.3, 0.4) is 0 Å². The SMILES string of the molecule is CC1CCCC1CNC(=O)c1ccc(C#CCCO)cc1. The van der Waals surface area contributed by atoms with Crippen LogP contribution >= 0.6 is 0 Å². The normalized spacial score (nSPS) is 20.7. The third kappa shape index (κ3) is 4.61. The largest absolute Gasteiger partial charge is 0.395 e. The number of carbonyl (C=O) groups excluding carboxylic acids is 1. The summed E-state index contributed by atoms with van der Waals surface area (Å²) >= 11 is 0. The first kappa shape index (κ1) is 15.6. The molecule has 2 N–H and O–H groups in total. The number of benzene rings is 1.